The molecule has 0 radical (unpaired) electrons. The molecule has 0 aliphatic carbocycles. The maximum atomic E-state index is 5.24. The van der Waals surface area contributed by atoms with Crippen molar-refractivity contribution in [2.75, 3.05) is 34.3 Å². The minimum absolute atomic E-state index is 0.611. The SMILES string of the molecule is CN=C(NCCCCN(C)C(C)C)NCc1cccc(OC)c1. The summed E-state index contributed by atoms with van der Waals surface area (Å²) in [5.41, 5.74) is 1.17. The van der Waals surface area contributed by atoms with Gasteiger partial charge in [0.05, 0.1) is 7.11 Å². The molecule has 23 heavy (non-hydrogen) atoms. The zero-order valence-corrected chi connectivity index (χ0v) is 15.2. The number of hydrogen-bond acceptors (Lipinski definition) is 3. The molecule has 0 amide bonds. The van der Waals surface area contributed by atoms with Gasteiger partial charge in [0.1, 0.15) is 5.75 Å². The van der Waals surface area contributed by atoms with Crippen LogP contribution < -0.4 is 15.4 Å². The first-order valence-corrected chi connectivity index (χ1v) is 8.34. The van der Waals surface area contributed by atoms with E-state index >= 15 is 0 Å². The molecule has 0 bridgehead atoms. The molecule has 0 heterocycles. The summed E-state index contributed by atoms with van der Waals surface area (Å²) in [5, 5.41) is 6.69. The van der Waals surface area contributed by atoms with Crippen molar-refractivity contribution in [2.24, 2.45) is 4.99 Å². The van der Waals surface area contributed by atoms with Crippen LogP contribution >= 0.6 is 0 Å². The second-order valence-electron chi connectivity index (χ2n) is 5.99. The van der Waals surface area contributed by atoms with Crippen LogP contribution in [0.25, 0.3) is 0 Å². The molecule has 0 spiro atoms. The highest BCUT2D eigenvalue weighted by Gasteiger charge is 2.03. The summed E-state index contributed by atoms with van der Waals surface area (Å²) in [6.45, 7) is 7.25. The van der Waals surface area contributed by atoms with Crippen molar-refractivity contribution >= 4 is 5.96 Å². The molecular weight excluding hydrogens is 288 g/mol. The molecule has 0 fully saturated rings. The minimum atomic E-state index is 0.611. The lowest BCUT2D eigenvalue weighted by Crippen LogP contribution is -2.37. The number of nitrogens with zero attached hydrogens (tertiary/aromatic N) is 2. The van der Waals surface area contributed by atoms with E-state index in [0.29, 0.717) is 6.04 Å². The predicted molar refractivity (Wildman–Crippen MR) is 98.2 cm³/mol. The zero-order valence-electron chi connectivity index (χ0n) is 15.2. The van der Waals surface area contributed by atoms with Crippen LogP contribution in [-0.4, -0.2) is 51.2 Å². The van der Waals surface area contributed by atoms with E-state index in [0.717, 1.165) is 37.8 Å². The van der Waals surface area contributed by atoms with Crippen molar-refractivity contribution in [3.05, 3.63) is 29.8 Å². The second kappa shape index (κ2) is 10.9. The van der Waals surface area contributed by atoms with Gasteiger partial charge in [0, 0.05) is 26.2 Å². The fourth-order valence-corrected chi connectivity index (χ4v) is 2.14. The summed E-state index contributed by atoms with van der Waals surface area (Å²) < 4.78 is 5.24. The molecule has 1 aromatic rings. The summed E-state index contributed by atoms with van der Waals surface area (Å²) in [4.78, 5) is 6.63. The van der Waals surface area contributed by atoms with Crippen LogP contribution in [-0.2, 0) is 6.54 Å². The standard InChI is InChI=1S/C18H32N4O/c1-15(2)22(4)12-7-6-11-20-18(19-3)21-14-16-9-8-10-17(13-16)23-5/h8-10,13,15H,6-7,11-12,14H2,1-5H3,(H2,19,20,21). The van der Waals surface area contributed by atoms with Gasteiger partial charge in [0.25, 0.3) is 0 Å². The van der Waals surface area contributed by atoms with Crippen molar-refractivity contribution in [1.82, 2.24) is 15.5 Å². The third-order valence-corrected chi connectivity index (χ3v) is 3.93. The fourth-order valence-electron chi connectivity index (χ4n) is 2.14. The van der Waals surface area contributed by atoms with Crippen molar-refractivity contribution in [3.63, 3.8) is 0 Å². The molecule has 1 rings (SSSR count). The van der Waals surface area contributed by atoms with Crippen molar-refractivity contribution in [2.45, 2.75) is 39.3 Å². The van der Waals surface area contributed by atoms with Gasteiger partial charge in [-0.05, 0) is 58.0 Å². The lowest BCUT2D eigenvalue weighted by molar-refractivity contribution is 0.268. The summed E-state index contributed by atoms with van der Waals surface area (Å²) in [6.07, 6.45) is 2.32. The topological polar surface area (TPSA) is 48.9 Å². The van der Waals surface area contributed by atoms with Crippen LogP contribution in [0.1, 0.15) is 32.3 Å². The van der Waals surface area contributed by atoms with Crippen LogP contribution in [0.5, 0.6) is 5.75 Å². The van der Waals surface area contributed by atoms with Gasteiger partial charge in [-0.25, -0.2) is 0 Å². The van der Waals surface area contributed by atoms with Gasteiger partial charge in [0.15, 0.2) is 5.96 Å². The highest BCUT2D eigenvalue weighted by atomic mass is 16.5. The molecule has 0 aliphatic rings. The maximum Gasteiger partial charge on any atom is 0.191 e. The van der Waals surface area contributed by atoms with Crippen LogP contribution in [0.4, 0.5) is 0 Å². The number of guanidine groups is 1. The van der Waals surface area contributed by atoms with Crippen molar-refractivity contribution in [3.8, 4) is 5.75 Å². The Balaban J connectivity index is 2.24. The molecule has 0 saturated heterocycles. The van der Waals surface area contributed by atoms with Gasteiger partial charge < -0.3 is 20.3 Å². The van der Waals surface area contributed by atoms with Crippen molar-refractivity contribution < 1.29 is 4.74 Å². The Labute approximate surface area is 141 Å². The van der Waals surface area contributed by atoms with E-state index in [4.69, 9.17) is 4.74 Å². The summed E-state index contributed by atoms with van der Waals surface area (Å²) in [6, 6.07) is 8.66. The normalized spacial score (nSPS) is 11.9. The number of unbranched alkanes of at least 4 members (excludes halogenated alkanes) is 1. The molecule has 0 aromatic heterocycles. The van der Waals surface area contributed by atoms with E-state index < -0.39 is 0 Å². The average Bonchev–Trinajstić information content (AvgIpc) is 2.57. The number of methoxy groups -OCH3 is 1. The number of nitrogens with one attached hydrogen (secondary N) is 2. The van der Waals surface area contributed by atoms with Crippen LogP contribution in [0.3, 0.4) is 0 Å². The Hall–Kier alpha value is -1.75. The van der Waals surface area contributed by atoms with E-state index in [2.05, 4.69) is 47.5 Å². The van der Waals surface area contributed by atoms with Gasteiger partial charge in [0.2, 0.25) is 0 Å². The van der Waals surface area contributed by atoms with Crippen LogP contribution in [0.15, 0.2) is 29.3 Å². The van der Waals surface area contributed by atoms with E-state index in [1.54, 1.807) is 14.2 Å². The number of ether oxygens (including phenoxy) is 1. The van der Waals surface area contributed by atoms with Gasteiger partial charge in [-0.2, -0.15) is 0 Å². The quantitative estimate of drug-likeness (QED) is 0.417. The molecule has 0 atom stereocenters. The lowest BCUT2D eigenvalue weighted by Gasteiger charge is -2.20. The second-order valence-corrected chi connectivity index (χ2v) is 5.99. The molecule has 1 aromatic carbocycles. The lowest BCUT2D eigenvalue weighted by atomic mass is 10.2. The third kappa shape index (κ3) is 7.88. The average molecular weight is 320 g/mol. The summed E-state index contributed by atoms with van der Waals surface area (Å²) >= 11 is 0. The van der Waals surface area contributed by atoms with Gasteiger partial charge >= 0.3 is 0 Å². The molecule has 0 saturated carbocycles. The van der Waals surface area contributed by atoms with Crippen LogP contribution in [0, 0.1) is 0 Å². The number of hydrogen-bond donors (Lipinski definition) is 2. The Morgan fingerprint density at radius 2 is 2.04 bits per heavy atom. The van der Waals surface area contributed by atoms with Gasteiger partial charge in [-0.15, -0.1) is 0 Å². The first-order valence-electron chi connectivity index (χ1n) is 8.34. The van der Waals surface area contributed by atoms with E-state index in [1.807, 2.05) is 18.2 Å². The van der Waals surface area contributed by atoms with Gasteiger partial charge in [-0.3, -0.25) is 4.99 Å². The van der Waals surface area contributed by atoms with E-state index in [1.165, 1.54) is 12.0 Å². The molecular formula is C18H32N4O. The summed E-state index contributed by atoms with van der Waals surface area (Å²) in [7, 11) is 5.66. The molecule has 130 valence electrons. The molecule has 0 aliphatic heterocycles. The predicted octanol–water partition coefficient (Wildman–Crippen LogP) is 2.48. The number of aliphatic imine (C=N–C) groups is 1. The Morgan fingerprint density at radius 1 is 1.26 bits per heavy atom. The molecule has 2 N–H and O–H groups in total. The largest absolute Gasteiger partial charge is 0.497 e. The Morgan fingerprint density at radius 3 is 2.70 bits per heavy atom. The Bertz CT molecular complexity index is 474. The highest BCUT2D eigenvalue weighted by Crippen LogP contribution is 2.11. The summed E-state index contributed by atoms with van der Waals surface area (Å²) in [5.74, 6) is 1.71. The minimum Gasteiger partial charge on any atom is -0.497 e. The highest BCUT2D eigenvalue weighted by molar-refractivity contribution is 5.79. The fraction of sp³-hybridized carbons (Fsp3) is 0.611. The monoisotopic (exact) mass is 320 g/mol. The maximum absolute atomic E-state index is 5.24. The van der Waals surface area contributed by atoms with E-state index in [-0.39, 0.29) is 0 Å². The van der Waals surface area contributed by atoms with E-state index in [9.17, 15) is 0 Å². The Kier molecular flexibility index (Phi) is 9.14. The number of benzene rings is 1. The molecule has 0 unspecified atom stereocenters. The first-order chi connectivity index (χ1) is 11.1. The number of rotatable bonds is 9. The zero-order chi connectivity index (χ0) is 17.1. The third-order valence-electron chi connectivity index (χ3n) is 3.93. The smallest absolute Gasteiger partial charge is 0.191 e. The molecule has 5 nitrogen and oxygen atoms in total. The molecule has 5 heteroatoms. The first kappa shape index (κ1) is 19.3. The van der Waals surface area contributed by atoms with Crippen molar-refractivity contribution in [1.29, 1.82) is 0 Å². The van der Waals surface area contributed by atoms with Crippen LogP contribution in [0.2, 0.25) is 0 Å². The van der Waals surface area contributed by atoms with Gasteiger partial charge in [-0.1, -0.05) is 12.1 Å².